The minimum atomic E-state index is -0.461. The maximum absolute atomic E-state index is 12.8. The lowest BCUT2D eigenvalue weighted by Crippen LogP contribution is -2.44. The molecule has 1 fully saturated rings. The Hall–Kier alpha value is -4.37. The molecule has 2 aliphatic heterocycles. The molecule has 2 aliphatic rings. The number of aromatic nitrogens is 1. The van der Waals surface area contributed by atoms with Crippen LogP contribution in [0, 0.1) is 0 Å². The number of anilines is 2. The van der Waals surface area contributed by atoms with Crippen LogP contribution in [0.5, 0.6) is 0 Å². The summed E-state index contributed by atoms with van der Waals surface area (Å²) < 4.78 is 1.66. The number of carbonyl (C=O) groups excluding carboxylic acids is 3. The van der Waals surface area contributed by atoms with Crippen molar-refractivity contribution in [2.24, 2.45) is 5.73 Å². The monoisotopic (exact) mass is 484 g/mol. The number of nitrogens with two attached hydrogens (primary N) is 1. The SMILES string of the molecule is CN1CCN(c2ccc(N/C=C3\C(=O)NC(=O)c4c3cccc4-c3ccn(CC(N)=O)c3)cc2)CC1. The van der Waals surface area contributed by atoms with Crippen molar-refractivity contribution in [3.8, 4) is 11.1 Å². The van der Waals surface area contributed by atoms with Gasteiger partial charge in [0.1, 0.15) is 6.54 Å². The van der Waals surface area contributed by atoms with E-state index in [0.717, 1.165) is 37.4 Å². The molecule has 184 valence electrons. The van der Waals surface area contributed by atoms with Gasteiger partial charge in [-0.05, 0) is 42.9 Å². The van der Waals surface area contributed by atoms with Crippen LogP contribution in [0.4, 0.5) is 11.4 Å². The summed E-state index contributed by atoms with van der Waals surface area (Å²) in [6, 6.07) is 15.3. The van der Waals surface area contributed by atoms with Gasteiger partial charge in [0, 0.05) is 67.3 Å². The van der Waals surface area contributed by atoms with Gasteiger partial charge in [-0.1, -0.05) is 18.2 Å². The molecule has 36 heavy (non-hydrogen) atoms. The Morgan fingerprint density at radius 2 is 1.72 bits per heavy atom. The molecule has 1 aromatic heterocycles. The van der Waals surface area contributed by atoms with Crippen molar-refractivity contribution >= 4 is 34.7 Å². The van der Waals surface area contributed by atoms with Crippen molar-refractivity contribution in [3.05, 3.63) is 78.3 Å². The lowest BCUT2D eigenvalue weighted by atomic mass is 9.89. The van der Waals surface area contributed by atoms with Gasteiger partial charge in [0.2, 0.25) is 5.91 Å². The van der Waals surface area contributed by atoms with Gasteiger partial charge in [-0.15, -0.1) is 0 Å². The van der Waals surface area contributed by atoms with Crippen LogP contribution in [0.25, 0.3) is 16.7 Å². The lowest BCUT2D eigenvalue weighted by Gasteiger charge is -2.34. The Morgan fingerprint density at radius 3 is 2.44 bits per heavy atom. The molecule has 9 heteroatoms. The maximum Gasteiger partial charge on any atom is 0.260 e. The van der Waals surface area contributed by atoms with Crippen molar-refractivity contribution in [2.75, 3.05) is 43.4 Å². The topological polar surface area (TPSA) is 113 Å². The Bertz CT molecular complexity index is 1350. The van der Waals surface area contributed by atoms with Crippen LogP contribution in [0.1, 0.15) is 15.9 Å². The number of nitrogens with one attached hydrogen (secondary N) is 2. The zero-order valence-electron chi connectivity index (χ0n) is 20.0. The molecular weight excluding hydrogens is 456 g/mol. The number of imide groups is 1. The summed E-state index contributed by atoms with van der Waals surface area (Å²) in [6.45, 7) is 4.11. The fourth-order valence-corrected chi connectivity index (χ4v) is 4.63. The summed E-state index contributed by atoms with van der Waals surface area (Å²) in [6.07, 6.45) is 5.12. The third-order valence-corrected chi connectivity index (χ3v) is 6.57. The average molecular weight is 485 g/mol. The van der Waals surface area contributed by atoms with E-state index < -0.39 is 17.7 Å². The number of rotatable bonds is 6. The fraction of sp³-hybridized carbons (Fsp3) is 0.222. The fourth-order valence-electron chi connectivity index (χ4n) is 4.63. The van der Waals surface area contributed by atoms with Gasteiger partial charge in [0.05, 0.1) is 11.1 Å². The number of piperazine rings is 1. The highest BCUT2D eigenvalue weighted by molar-refractivity contribution is 6.32. The van der Waals surface area contributed by atoms with E-state index in [-0.39, 0.29) is 6.54 Å². The second-order valence-electron chi connectivity index (χ2n) is 9.09. The highest BCUT2D eigenvalue weighted by atomic mass is 16.2. The number of carbonyl (C=O) groups is 3. The summed E-state index contributed by atoms with van der Waals surface area (Å²) in [4.78, 5) is 41.5. The minimum absolute atomic E-state index is 0.0440. The normalized spacial score (nSPS) is 17.1. The molecule has 0 saturated carbocycles. The Balaban J connectivity index is 1.40. The third-order valence-electron chi connectivity index (χ3n) is 6.57. The first-order valence-corrected chi connectivity index (χ1v) is 11.8. The van der Waals surface area contributed by atoms with Crippen LogP contribution < -0.4 is 21.3 Å². The summed E-state index contributed by atoms with van der Waals surface area (Å²) >= 11 is 0. The number of amides is 3. The molecule has 1 saturated heterocycles. The number of primary amides is 1. The maximum atomic E-state index is 12.8. The molecule has 3 amide bonds. The van der Waals surface area contributed by atoms with Crippen LogP contribution in [-0.2, 0) is 16.1 Å². The molecule has 0 atom stereocenters. The zero-order chi connectivity index (χ0) is 25.2. The first-order valence-electron chi connectivity index (χ1n) is 11.8. The van der Waals surface area contributed by atoms with E-state index in [1.54, 1.807) is 29.2 Å². The Morgan fingerprint density at radius 1 is 1.00 bits per heavy atom. The van der Waals surface area contributed by atoms with Crippen molar-refractivity contribution < 1.29 is 14.4 Å². The van der Waals surface area contributed by atoms with Crippen LogP contribution in [-0.4, -0.2) is 60.4 Å². The average Bonchev–Trinajstić information content (AvgIpc) is 3.32. The molecule has 2 aromatic carbocycles. The van der Waals surface area contributed by atoms with Crippen molar-refractivity contribution in [1.82, 2.24) is 14.8 Å². The number of benzene rings is 2. The van der Waals surface area contributed by atoms with E-state index in [2.05, 4.69) is 39.6 Å². The molecule has 3 aromatic rings. The summed E-state index contributed by atoms with van der Waals surface area (Å²) in [5, 5.41) is 5.66. The van der Waals surface area contributed by atoms with E-state index in [0.29, 0.717) is 22.3 Å². The zero-order valence-corrected chi connectivity index (χ0v) is 20.0. The van der Waals surface area contributed by atoms with Gasteiger partial charge >= 0.3 is 0 Å². The van der Waals surface area contributed by atoms with Crippen LogP contribution in [0.2, 0.25) is 0 Å². The van der Waals surface area contributed by atoms with E-state index in [1.165, 1.54) is 5.69 Å². The standard InChI is InChI=1S/C27H28N6O3/c1-31-11-13-33(14-12-31)20-7-5-19(6-8-20)29-15-23-22-4-2-3-21(25(22)27(36)30-26(23)35)18-9-10-32(16-18)17-24(28)34/h2-10,15-16,29H,11-14,17H2,1H3,(H2,28,34)(H,30,35,36)/b23-15-. The van der Waals surface area contributed by atoms with E-state index in [9.17, 15) is 14.4 Å². The van der Waals surface area contributed by atoms with Gasteiger partial charge in [0.15, 0.2) is 0 Å². The molecule has 3 heterocycles. The van der Waals surface area contributed by atoms with Crippen molar-refractivity contribution in [3.63, 3.8) is 0 Å². The van der Waals surface area contributed by atoms with E-state index in [4.69, 9.17) is 5.73 Å². The number of nitrogens with zero attached hydrogens (tertiary/aromatic N) is 3. The molecular formula is C27H28N6O3. The quantitative estimate of drug-likeness (QED) is 0.365. The molecule has 0 spiro atoms. The first kappa shape index (κ1) is 23.4. The summed E-state index contributed by atoms with van der Waals surface area (Å²) in [5.74, 6) is -1.37. The van der Waals surface area contributed by atoms with Gasteiger partial charge in [-0.2, -0.15) is 0 Å². The van der Waals surface area contributed by atoms with E-state index in [1.807, 2.05) is 30.3 Å². The lowest BCUT2D eigenvalue weighted by molar-refractivity contribution is -0.118. The predicted octanol–water partition coefficient (Wildman–Crippen LogP) is 2.12. The third kappa shape index (κ3) is 4.73. The largest absolute Gasteiger partial charge is 0.369 e. The number of fused-ring (bicyclic) bond motifs is 1. The summed E-state index contributed by atoms with van der Waals surface area (Å²) in [7, 11) is 2.13. The highest BCUT2D eigenvalue weighted by Gasteiger charge is 2.30. The van der Waals surface area contributed by atoms with Crippen molar-refractivity contribution in [1.29, 1.82) is 0 Å². The van der Waals surface area contributed by atoms with Crippen molar-refractivity contribution in [2.45, 2.75) is 6.54 Å². The van der Waals surface area contributed by atoms with Gasteiger partial charge in [0.25, 0.3) is 11.8 Å². The van der Waals surface area contributed by atoms with Gasteiger partial charge < -0.3 is 25.4 Å². The minimum Gasteiger partial charge on any atom is -0.369 e. The highest BCUT2D eigenvalue weighted by Crippen LogP contribution is 2.33. The molecule has 4 N–H and O–H groups in total. The predicted molar refractivity (Wildman–Crippen MR) is 139 cm³/mol. The van der Waals surface area contributed by atoms with Crippen LogP contribution in [0.3, 0.4) is 0 Å². The molecule has 0 radical (unpaired) electrons. The van der Waals surface area contributed by atoms with Gasteiger partial charge in [-0.3, -0.25) is 19.7 Å². The molecule has 0 unspecified atom stereocenters. The molecule has 9 nitrogen and oxygen atoms in total. The smallest absolute Gasteiger partial charge is 0.260 e. The van der Waals surface area contributed by atoms with Crippen LogP contribution in [0.15, 0.2) is 67.1 Å². The Kier molecular flexibility index (Phi) is 6.30. The van der Waals surface area contributed by atoms with Gasteiger partial charge in [-0.25, -0.2) is 0 Å². The molecule has 0 aliphatic carbocycles. The Labute approximate surface area is 209 Å². The van der Waals surface area contributed by atoms with Crippen LogP contribution >= 0.6 is 0 Å². The number of likely N-dealkylation sites (N-methyl/N-ethyl adjacent to an activating group) is 1. The first-order chi connectivity index (χ1) is 17.4. The molecule has 0 bridgehead atoms. The molecule has 5 rings (SSSR count). The second-order valence-corrected chi connectivity index (χ2v) is 9.09. The number of hydrogen-bond donors (Lipinski definition) is 3. The second kappa shape index (κ2) is 9.71. The van der Waals surface area contributed by atoms with E-state index >= 15 is 0 Å². The summed E-state index contributed by atoms with van der Waals surface area (Å²) in [5.41, 5.74) is 10.0. The number of hydrogen-bond acceptors (Lipinski definition) is 6.